The quantitative estimate of drug-likeness (QED) is 0.540. The first-order chi connectivity index (χ1) is 12.1. The molecule has 0 amide bonds. The van der Waals surface area contributed by atoms with Crippen molar-refractivity contribution in [3.8, 4) is 28.0 Å². The van der Waals surface area contributed by atoms with Crippen molar-refractivity contribution in [2.45, 2.75) is 6.92 Å². The Kier molecular flexibility index (Phi) is 4.94. The maximum atomic E-state index is 14.2. The molecule has 0 fully saturated rings. The van der Waals surface area contributed by atoms with Gasteiger partial charge in [-0.3, -0.25) is 0 Å². The summed E-state index contributed by atoms with van der Waals surface area (Å²) in [5.41, 5.74) is 4.06. The van der Waals surface area contributed by atoms with E-state index in [2.05, 4.69) is 0 Å². The van der Waals surface area contributed by atoms with Crippen LogP contribution >= 0.6 is 0 Å². The summed E-state index contributed by atoms with van der Waals surface area (Å²) in [6, 6.07) is 18.5. The minimum absolute atomic E-state index is 0.0981. The highest BCUT2D eigenvalue weighted by Crippen LogP contribution is 2.31. The number of halogens is 2. The monoisotopic (exact) mass is 336 g/mol. The molecule has 25 heavy (non-hydrogen) atoms. The summed E-state index contributed by atoms with van der Waals surface area (Å²) in [7, 11) is 1.31. The Hall–Kier alpha value is -2.94. The fraction of sp³-hybridized carbons (Fsp3) is 0.0909. The second kappa shape index (κ2) is 7.31. The third-order valence-corrected chi connectivity index (χ3v) is 4.07. The van der Waals surface area contributed by atoms with E-state index < -0.39 is 11.6 Å². The zero-order chi connectivity index (χ0) is 17.8. The highest BCUT2D eigenvalue weighted by Gasteiger charge is 2.15. The van der Waals surface area contributed by atoms with Gasteiger partial charge in [-0.25, -0.2) is 4.39 Å². The average Bonchev–Trinajstić information content (AvgIpc) is 2.65. The minimum Gasteiger partial charge on any atom is -0.494 e. The van der Waals surface area contributed by atoms with Gasteiger partial charge in [0.15, 0.2) is 11.6 Å². The van der Waals surface area contributed by atoms with Gasteiger partial charge in [-0.15, -0.1) is 0 Å². The maximum Gasteiger partial charge on any atom is 0.201 e. The van der Waals surface area contributed by atoms with Crippen molar-refractivity contribution in [3.05, 3.63) is 83.9 Å². The van der Waals surface area contributed by atoms with E-state index in [1.807, 2.05) is 55.5 Å². The molecule has 0 atom stereocenters. The molecular formula is C22H18F2O. The lowest BCUT2D eigenvalue weighted by molar-refractivity contribution is 0.372. The molecule has 3 aromatic carbocycles. The van der Waals surface area contributed by atoms with Crippen molar-refractivity contribution >= 4 is 6.08 Å². The van der Waals surface area contributed by atoms with Crippen molar-refractivity contribution in [1.82, 2.24) is 0 Å². The minimum atomic E-state index is -0.969. The third-order valence-electron chi connectivity index (χ3n) is 4.07. The van der Waals surface area contributed by atoms with Crippen molar-refractivity contribution in [2.75, 3.05) is 7.11 Å². The van der Waals surface area contributed by atoms with Crippen LogP contribution in [0.15, 0.2) is 66.7 Å². The SMILES string of the molecule is C/C=C/c1ccc(-c2ccc(-c3ccc(OC)c(F)c3F)cc2)cc1. The van der Waals surface area contributed by atoms with Crippen molar-refractivity contribution in [2.24, 2.45) is 0 Å². The van der Waals surface area contributed by atoms with E-state index in [9.17, 15) is 8.78 Å². The fourth-order valence-electron chi connectivity index (χ4n) is 2.73. The molecule has 0 heterocycles. The third kappa shape index (κ3) is 3.45. The maximum absolute atomic E-state index is 14.2. The van der Waals surface area contributed by atoms with Crippen LogP contribution in [0.3, 0.4) is 0 Å². The lowest BCUT2D eigenvalue weighted by atomic mass is 9.99. The molecule has 0 spiro atoms. The van der Waals surface area contributed by atoms with Crippen molar-refractivity contribution < 1.29 is 13.5 Å². The van der Waals surface area contributed by atoms with Gasteiger partial charge in [0.05, 0.1) is 7.11 Å². The molecule has 0 radical (unpaired) electrons. The Morgan fingerprint density at radius 1 is 0.720 bits per heavy atom. The molecule has 0 N–H and O–H groups in total. The Balaban J connectivity index is 1.91. The summed E-state index contributed by atoms with van der Waals surface area (Å²) < 4.78 is 32.9. The predicted octanol–water partition coefficient (Wildman–Crippen LogP) is 6.34. The normalized spacial score (nSPS) is 11.0. The molecule has 3 rings (SSSR count). The number of benzene rings is 3. The average molecular weight is 336 g/mol. The molecule has 0 aliphatic carbocycles. The highest BCUT2D eigenvalue weighted by molar-refractivity contribution is 5.72. The van der Waals surface area contributed by atoms with Gasteiger partial charge in [0.1, 0.15) is 0 Å². The van der Waals surface area contributed by atoms with Crippen LogP contribution in [0.1, 0.15) is 12.5 Å². The van der Waals surface area contributed by atoms with Gasteiger partial charge in [0, 0.05) is 5.56 Å². The van der Waals surface area contributed by atoms with Crippen LogP contribution in [-0.4, -0.2) is 7.11 Å². The van der Waals surface area contributed by atoms with Gasteiger partial charge in [-0.1, -0.05) is 60.7 Å². The first kappa shape index (κ1) is 16.9. The van der Waals surface area contributed by atoms with Crippen molar-refractivity contribution in [3.63, 3.8) is 0 Å². The van der Waals surface area contributed by atoms with Crippen LogP contribution in [0, 0.1) is 11.6 Å². The first-order valence-corrected chi connectivity index (χ1v) is 7.99. The number of allylic oxidation sites excluding steroid dienone is 1. The topological polar surface area (TPSA) is 9.23 Å². The van der Waals surface area contributed by atoms with E-state index in [4.69, 9.17) is 4.74 Å². The van der Waals surface area contributed by atoms with E-state index in [0.717, 1.165) is 16.7 Å². The second-order valence-corrected chi connectivity index (χ2v) is 5.64. The van der Waals surface area contributed by atoms with Gasteiger partial charge in [0.25, 0.3) is 0 Å². The second-order valence-electron chi connectivity index (χ2n) is 5.64. The molecule has 0 saturated carbocycles. The number of hydrogen-bond acceptors (Lipinski definition) is 1. The van der Waals surface area contributed by atoms with Crippen LogP contribution < -0.4 is 4.74 Å². The van der Waals surface area contributed by atoms with Gasteiger partial charge >= 0.3 is 0 Å². The number of rotatable bonds is 4. The summed E-state index contributed by atoms with van der Waals surface area (Å²) in [4.78, 5) is 0. The Labute approximate surface area is 146 Å². The Bertz CT molecular complexity index is 895. The van der Waals surface area contributed by atoms with Gasteiger partial charge in [0.2, 0.25) is 5.82 Å². The standard InChI is InChI=1S/C22H18F2O/c1-3-4-15-5-7-16(8-6-15)17-9-11-18(12-10-17)19-13-14-20(25-2)22(24)21(19)23/h3-14H,1-2H3/b4-3+. The van der Waals surface area contributed by atoms with Crippen LogP contribution in [0.5, 0.6) is 5.75 Å². The molecule has 0 saturated heterocycles. The largest absolute Gasteiger partial charge is 0.494 e. The van der Waals surface area contributed by atoms with E-state index in [1.165, 1.54) is 19.2 Å². The molecule has 3 aromatic rings. The molecule has 0 bridgehead atoms. The highest BCUT2D eigenvalue weighted by atomic mass is 19.2. The summed E-state index contributed by atoms with van der Waals surface area (Å²) in [6.07, 6.45) is 4.03. The van der Waals surface area contributed by atoms with Gasteiger partial charge in [-0.2, -0.15) is 4.39 Å². The summed E-state index contributed by atoms with van der Waals surface area (Å²) >= 11 is 0. The van der Waals surface area contributed by atoms with E-state index in [1.54, 1.807) is 12.1 Å². The lowest BCUT2D eigenvalue weighted by Gasteiger charge is -2.09. The van der Waals surface area contributed by atoms with Gasteiger partial charge < -0.3 is 4.74 Å². The summed E-state index contributed by atoms with van der Waals surface area (Å²) in [6.45, 7) is 1.98. The molecule has 0 aromatic heterocycles. The van der Waals surface area contributed by atoms with Gasteiger partial charge in [-0.05, 0) is 41.3 Å². The zero-order valence-corrected chi connectivity index (χ0v) is 14.1. The predicted molar refractivity (Wildman–Crippen MR) is 98.5 cm³/mol. The molecule has 126 valence electrons. The molecule has 1 nitrogen and oxygen atoms in total. The van der Waals surface area contributed by atoms with Crippen LogP contribution in [0.2, 0.25) is 0 Å². The van der Waals surface area contributed by atoms with Crippen LogP contribution in [0.4, 0.5) is 8.78 Å². The number of hydrogen-bond donors (Lipinski definition) is 0. The Morgan fingerprint density at radius 3 is 1.84 bits per heavy atom. The zero-order valence-electron chi connectivity index (χ0n) is 14.1. The lowest BCUT2D eigenvalue weighted by Crippen LogP contribution is -1.94. The van der Waals surface area contributed by atoms with E-state index in [-0.39, 0.29) is 11.3 Å². The molecule has 0 aliphatic rings. The number of methoxy groups -OCH3 is 1. The fourth-order valence-corrected chi connectivity index (χ4v) is 2.73. The van der Waals surface area contributed by atoms with Crippen LogP contribution in [-0.2, 0) is 0 Å². The smallest absolute Gasteiger partial charge is 0.201 e. The van der Waals surface area contributed by atoms with Crippen LogP contribution in [0.25, 0.3) is 28.3 Å². The van der Waals surface area contributed by atoms with E-state index in [0.29, 0.717) is 5.56 Å². The van der Waals surface area contributed by atoms with E-state index >= 15 is 0 Å². The first-order valence-electron chi connectivity index (χ1n) is 7.99. The molecule has 0 aliphatic heterocycles. The molecule has 3 heteroatoms. The summed E-state index contributed by atoms with van der Waals surface area (Å²) in [5.74, 6) is -1.97. The summed E-state index contributed by atoms with van der Waals surface area (Å²) in [5, 5.41) is 0. The van der Waals surface area contributed by atoms with Crippen molar-refractivity contribution in [1.29, 1.82) is 0 Å². The number of ether oxygens (including phenoxy) is 1. The molecule has 0 unspecified atom stereocenters. The Morgan fingerprint density at radius 2 is 1.28 bits per heavy atom. The molecular weight excluding hydrogens is 318 g/mol.